The number of benzene rings is 2. The smallest absolute Gasteiger partial charge is 0.310 e. The van der Waals surface area contributed by atoms with Crippen molar-refractivity contribution in [2.75, 3.05) is 0 Å². The average Bonchev–Trinajstić information content (AvgIpc) is 3.24. The lowest BCUT2D eigenvalue weighted by Gasteiger charge is -2.23. The predicted octanol–water partition coefficient (Wildman–Crippen LogP) is 4.95. The van der Waals surface area contributed by atoms with Crippen molar-refractivity contribution in [3.05, 3.63) is 70.8 Å². The molecular weight excluding hydrogens is 296 g/mol. The minimum atomic E-state index is -0.452. The molecular formula is C22H26O2. The first-order chi connectivity index (χ1) is 11.2. The second-order valence-electron chi connectivity index (χ2n) is 7.99. The van der Waals surface area contributed by atoms with Crippen molar-refractivity contribution in [3.8, 4) is 0 Å². The van der Waals surface area contributed by atoms with E-state index in [9.17, 15) is 4.79 Å². The van der Waals surface area contributed by atoms with Gasteiger partial charge in [-0.2, -0.15) is 0 Å². The highest BCUT2D eigenvalue weighted by Crippen LogP contribution is 2.59. The van der Waals surface area contributed by atoms with Gasteiger partial charge in [-0.05, 0) is 52.2 Å². The van der Waals surface area contributed by atoms with Crippen LogP contribution in [0.1, 0.15) is 49.4 Å². The molecule has 1 fully saturated rings. The van der Waals surface area contributed by atoms with Gasteiger partial charge in [0.05, 0.1) is 5.92 Å². The largest absolute Gasteiger partial charge is 0.460 e. The second-order valence-corrected chi connectivity index (χ2v) is 7.99. The third-order valence-electron chi connectivity index (χ3n) is 4.79. The highest BCUT2D eigenvalue weighted by atomic mass is 16.6. The zero-order valence-electron chi connectivity index (χ0n) is 15.2. The first-order valence-electron chi connectivity index (χ1n) is 8.59. The Kier molecular flexibility index (Phi) is 4.03. The molecule has 0 amide bonds. The molecule has 1 atom stereocenters. The number of aryl methyl sites for hydroxylation is 2. The minimum Gasteiger partial charge on any atom is -0.460 e. The Hall–Kier alpha value is -2.09. The number of esters is 1. The van der Waals surface area contributed by atoms with Crippen molar-refractivity contribution < 1.29 is 9.53 Å². The van der Waals surface area contributed by atoms with Gasteiger partial charge in [0.15, 0.2) is 0 Å². The molecule has 0 radical (unpaired) electrons. The maximum Gasteiger partial charge on any atom is 0.310 e. The van der Waals surface area contributed by atoms with Crippen LogP contribution in [0.3, 0.4) is 0 Å². The topological polar surface area (TPSA) is 26.3 Å². The third-order valence-corrected chi connectivity index (χ3v) is 4.79. The van der Waals surface area contributed by atoms with Gasteiger partial charge < -0.3 is 4.74 Å². The Balaban J connectivity index is 1.99. The van der Waals surface area contributed by atoms with Crippen molar-refractivity contribution in [1.82, 2.24) is 0 Å². The third kappa shape index (κ3) is 3.10. The molecule has 0 aromatic heterocycles. The number of carbonyl (C=O) groups excluding carboxylic acids is 1. The molecule has 1 saturated carbocycles. The van der Waals surface area contributed by atoms with Crippen molar-refractivity contribution in [3.63, 3.8) is 0 Å². The van der Waals surface area contributed by atoms with Gasteiger partial charge in [-0.25, -0.2) is 0 Å². The molecule has 3 rings (SSSR count). The van der Waals surface area contributed by atoms with Gasteiger partial charge in [0.2, 0.25) is 0 Å². The Morgan fingerprint density at radius 2 is 1.33 bits per heavy atom. The maximum absolute atomic E-state index is 12.7. The van der Waals surface area contributed by atoms with E-state index in [1.807, 2.05) is 20.8 Å². The number of hydrogen-bond acceptors (Lipinski definition) is 2. The maximum atomic E-state index is 12.7. The monoisotopic (exact) mass is 322 g/mol. The van der Waals surface area contributed by atoms with Crippen LogP contribution < -0.4 is 0 Å². The quantitative estimate of drug-likeness (QED) is 0.747. The summed E-state index contributed by atoms with van der Waals surface area (Å²) in [7, 11) is 0. The average molecular weight is 322 g/mol. The van der Waals surface area contributed by atoms with E-state index < -0.39 is 5.60 Å². The van der Waals surface area contributed by atoms with E-state index in [4.69, 9.17) is 4.74 Å². The molecule has 0 saturated heterocycles. The first kappa shape index (κ1) is 16.8. The molecule has 2 heteroatoms. The Morgan fingerprint density at radius 3 is 1.71 bits per heavy atom. The van der Waals surface area contributed by atoms with Crippen molar-refractivity contribution in [2.24, 2.45) is 5.92 Å². The van der Waals surface area contributed by atoms with Crippen LogP contribution in [-0.2, 0) is 14.9 Å². The second kappa shape index (κ2) is 5.77. The molecule has 1 unspecified atom stereocenters. The molecule has 0 heterocycles. The fourth-order valence-electron chi connectivity index (χ4n) is 3.43. The standard InChI is InChI=1S/C22H26O2/c1-15-6-10-17(11-7-15)22(18-12-8-16(2)9-13-18)14-19(22)20(23)24-21(3,4)5/h6-13,19H,14H2,1-5H3. The van der Waals surface area contributed by atoms with Gasteiger partial charge in [0.25, 0.3) is 0 Å². The number of hydrogen-bond donors (Lipinski definition) is 0. The predicted molar refractivity (Wildman–Crippen MR) is 97.1 cm³/mol. The van der Waals surface area contributed by atoms with Gasteiger partial charge >= 0.3 is 5.97 Å². The molecule has 0 spiro atoms. The molecule has 2 aromatic rings. The Morgan fingerprint density at radius 1 is 0.917 bits per heavy atom. The van der Waals surface area contributed by atoms with Crippen LogP contribution >= 0.6 is 0 Å². The Bertz CT molecular complexity index is 688. The first-order valence-corrected chi connectivity index (χ1v) is 8.59. The van der Waals surface area contributed by atoms with Gasteiger partial charge in [-0.15, -0.1) is 0 Å². The summed E-state index contributed by atoms with van der Waals surface area (Å²) in [5.74, 6) is -0.203. The highest BCUT2D eigenvalue weighted by Gasteiger charge is 2.61. The summed E-state index contributed by atoms with van der Waals surface area (Å²) in [6.07, 6.45) is 0.814. The van der Waals surface area contributed by atoms with Crippen molar-refractivity contribution in [1.29, 1.82) is 0 Å². The number of carbonyl (C=O) groups is 1. The van der Waals surface area contributed by atoms with Crippen LogP contribution in [0.25, 0.3) is 0 Å². The van der Waals surface area contributed by atoms with E-state index in [0.717, 1.165) is 6.42 Å². The zero-order chi connectivity index (χ0) is 17.5. The van der Waals surface area contributed by atoms with Crippen LogP contribution in [0.4, 0.5) is 0 Å². The fraction of sp³-hybridized carbons (Fsp3) is 0.409. The van der Waals surface area contributed by atoms with Crippen LogP contribution in [0.15, 0.2) is 48.5 Å². The van der Waals surface area contributed by atoms with Crippen molar-refractivity contribution >= 4 is 5.97 Å². The van der Waals surface area contributed by atoms with E-state index in [2.05, 4.69) is 62.4 Å². The lowest BCUT2D eigenvalue weighted by Crippen LogP contribution is -2.27. The van der Waals surface area contributed by atoms with Crippen molar-refractivity contribution in [2.45, 2.75) is 52.1 Å². The summed E-state index contributed by atoms with van der Waals surface area (Å²) in [6, 6.07) is 17.1. The lowest BCUT2D eigenvalue weighted by atomic mass is 9.85. The molecule has 1 aliphatic carbocycles. The molecule has 2 aromatic carbocycles. The lowest BCUT2D eigenvalue weighted by molar-refractivity contribution is -0.156. The van der Waals surface area contributed by atoms with Crippen LogP contribution in [0.2, 0.25) is 0 Å². The van der Waals surface area contributed by atoms with Gasteiger partial charge in [-0.3, -0.25) is 4.79 Å². The number of ether oxygens (including phenoxy) is 1. The summed E-state index contributed by atoms with van der Waals surface area (Å²) in [5, 5.41) is 0. The molecule has 0 bridgehead atoms. The fourth-order valence-corrected chi connectivity index (χ4v) is 3.43. The molecule has 1 aliphatic rings. The minimum absolute atomic E-state index is 0.0938. The molecule has 0 N–H and O–H groups in total. The highest BCUT2D eigenvalue weighted by molar-refractivity contribution is 5.81. The SMILES string of the molecule is Cc1ccc(C2(c3ccc(C)cc3)CC2C(=O)OC(C)(C)C)cc1. The zero-order valence-corrected chi connectivity index (χ0v) is 15.2. The van der Waals surface area contributed by atoms with Crippen LogP contribution in [0.5, 0.6) is 0 Å². The molecule has 2 nitrogen and oxygen atoms in total. The van der Waals surface area contributed by atoms with E-state index in [0.29, 0.717) is 0 Å². The van der Waals surface area contributed by atoms with E-state index in [1.54, 1.807) is 0 Å². The normalized spacial score (nSPS) is 19.0. The summed E-state index contributed by atoms with van der Waals surface area (Å²) in [5.41, 5.74) is 4.16. The summed E-state index contributed by atoms with van der Waals surface area (Å²) < 4.78 is 5.67. The molecule has 24 heavy (non-hydrogen) atoms. The summed E-state index contributed by atoms with van der Waals surface area (Å²) in [4.78, 5) is 12.7. The van der Waals surface area contributed by atoms with Gasteiger partial charge in [0, 0.05) is 5.41 Å². The molecule has 126 valence electrons. The van der Waals surface area contributed by atoms with E-state index >= 15 is 0 Å². The number of rotatable bonds is 3. The van der Waals surface area contributed by atoms with Gasteiger partial charge in [0.1, 0.15) is 5.60 Å². The Labute approximate surface area is 144 Å². The van der Waals surface area contributed by atoms with E-state index in [-0.39, 0.29) is 17.3 Å². The van der Waals surface area contributed by atoms with E-state index in [1.165, 1.54) is 22.3 Å². The van der Waals surface area contributed by atoms with Crippen LogP contribution in [-0.4, -0.2) is 11.6 Å². The van der Waals surface area contributed by atoms with Gasteiger partial charge in [-0.1, -0.05) is 59.7 Å². The van der Waals surface area contributed by atoms with Crippen LogP contribution in [0, 0.1) is 19.8 Å². The summed E-state index contributed by atoms with van der Waals surface area (Å²) >= 11 is 0. The molecule has 0 aliphatic heterocycles. The summed E-state index contributed by atoms with van der Waals surface area (Å²) in [6.45, 7) is 9.94.